The van der Waals surface area contributed by atoms with Crippen molar-refractivity contribution in [3.63, 3.8) is 0 Å². The van der Waals surface area contributed by atoms with E-state index < -0.39 is 5.97 Å². The number of hydrogen-bond donors (Lipinski definition) is 1. The van der Waals surface area contributed by atoms with Gasteiger partial charge in [-0.25, -0.2) is 4.98 Å². The average molecular weight is 372 g/mol. The molecule has 0 unspecified atom stereocenters. The Morgan fingerprint density at radius 3 is 2.61 bits per heavy atom. The van der Waals surface area contributed by atoms with Gasteiger partial charge >= 0.3 is 5.97 Å². The molecule has 5 aromatic rings. The van der Waals surface area contributed by atoms with Crippen molar-refractivity contribution >= 4 is 28.3 Å². The summed E-state index contributed by atoms with van der Waals surface area (Å²) in [5, 5.41) is 23.2. The molecule has 0 saturated heterocycles. The molecule has 0 aliphatic carbocycles. The van der Waals surface area contributed by atoms with Gasteiger partial charge in [0.05, 0.1) is 5.52 Å². The zero-order valence-electron chi connectivity index (χ0n) is 14.9. The van der Waals surface area contributed by atoms with Gasteiger partial charge in [-0.3, -0.25) is 9.20 Å². The third kappa shape index (κ3) is 2.58. The first kappa shape index (κ1) is 16.4. The second-order valence-corrected chi connectivity index (χ2v) is 6.55. The number of fused-ring (bicyclic) bond motifs is 6. The van der Waals surface area contributed by atoms with Crippen LogP contribution in [0, 0.1) is 0 Å². The van der Waals surface area contributed by atoms with Crippen molar-refractivity contribution in [1.29, 1.82) is 0 Å². The summed E-state index contributed by atoms with van der Waals surface area (Å²) in [6.45, 7) is 0. The Morgan fingerprint density at radius 1 is 1.00 bits per heavy atom. The van der Waals surface area contributed by atoms with Crippen LogP contribution in [0.4, 0.5) is 0 Å². The maximum atomic E-state index is 10.9. The molecule has 0 radical (unpaired) electrons. The predicted molar refractivity (Wildman–Crippen MR) is 103 cm³/mol. The second kappa shape index (κ2) is 6.41. The van der Waals surface area contributed by atoms with E-state index in [9.17, 15) is 4.79 Å². The summed E-state index contributed by atoms with van der Waals surface area (Å²) in [6, 6.07) is 17.7. The SMILES string of the molecule is O=C(O)CCCc1nnc2n3nc(-c4ccccc4)nc3c3ccccc3n12. The van der Waals surface area contributed by atoms with Crippen molar-refractivity contribution in [2.45, 2.75) is 19.3 Å². The van der Waals surface area contributed by atoms with Crippen molar-refractivity contribution in [2.24, 2.45) is 0 Å². The fourth-order valence-electron chi connectivity index (χ4n) is 3.44. The number of benzene rings is 2. The highest BCUT2D eigenvalue weighted by atomic mass is 16.4. The lowest BCUT2D eigenvalue weighted by molar-refractivity contribution is -0.137. The van der Waals surface area contributed by atoms with Crippen LogP contribution >= 0.6 is 0 Å². The second-order valence-electron chi connectivity index (χ2n) is 6.55. The lowest BCUT2D eigenvalue weighted by Crippen LogP contribution is -2.03. The number of aromatic nitrogens is 6. The van der Waals surface area contributed by atoms with Crippen LogP contribution in [0.2, 0.25) is 0 Å². The Hall–Kier alpha value is -3.81. The van der Waals surface area contributed by atoms with E-state index in [1.165, 1.54) is 0 Å². The molecule has 0 atom stereocenters. The lowest BCUT2D eigenvalue weighted by atomic mass is 10.2. The number of rotatable bonds is 5. The largest absolute Gasteiger partial charge is 0.481 e. The summed E-state index contributed by atoms with van der Waals surface area (Å²) < 4.78 is 3.64. The zero-order valence-corrected chi connectivity index (χ0v) is 14.9. The minimum Gasteiger partial charge on any atom is -0.481 e. The van der Waals surface area contributed by atoms with E-state index in [-0.39, 0.29) is 6.42 Å². The molecular formula is C20H16N6O2. The van der Waals surface area contributed by atoms with Gasteiger partial charge in [-0.05, 0) is 18.6 Å². The number of carbonyl (C=O) groups is 1. The van der Waals surface area contributed by atoms with Crippen LogP contribution < -0.4 is 0 Å². The fourth-order valence-corrected chi connectivity index (χ4v) is 3.44. The number of hydrogen-bond acceptors (Lipinski definition) is 5. The smallest absolute Gasteiger partial charge is 0.303 e. The molecule has 0 aliphatic heterocycles. The molecule has 0 bridgehead atoms. The van der Waals surface area contributed by atoms with Crippen LogP contribution in [0.25, 0.3) is 33.7 Å². The maximum Gasteiger partial charge on any atom is 0.303 e. The summed E-state index contributed by atoms with van der Waals surface area (Å²) in [7, 11) is 0. The lowest BCUT2D eigenvalue weighted by Gasteiger charge is -2.06. The summed E-state index contributed by atoms with van der Waals surface area (Å²) in [4.78, 5) is 15.6. The molecule has 1 N–H and O–H groups in total. The molecule has 0 spiro atoms. The molecule has 2 aromatic carbocycles. The minimum atomic E-state index is -0.815. The van der Waals surface area contributed by atoms with Crippen LogP contribution in [-0.4, -0.2) is 40.3 Å². The normalized spacial score (nSPS) is 11.6. The number of nitrogens with zero attached hydrogens (tertiary/aromatic N) is 6. The van der Waals surface area contributed by atoms with Gasteiger partial charge in [0.25, 0.3) is 5.78 Å². The van der Waals surface area contributed by atoms with Crippen molar-refractivity contribution in [3.8, 4) is 11.4 Å². The van der Waals surface area contributed by atoms with Gasteiger partial charge in [0.1, 0.15) is 5.82 Å². The highest BCUT2D eigenvalue weighted by Crippen LogP contribution is 2.25. The Bertz CT molecular complexity index is 1320. The molecule has 28 heavy (non-hydrogen) atoms. The molecular weight excluding hydrogens is 356 g/mol. The van der Waals surface area contributed by atoms with Crippen LogP contribution in [-0.2, 0) is 11.2 Å². The van der Waals surface area contributed by atoms with E-state index in [0.717, 1.165) is 16.5 Å². The van der Waals surface area contributed by atoms with E-state index in [1.54, 1.807) is 4.52 Å². The highest BCUT2D eigenvalue weighted by molar-refractivity contribution is 5.94. The highest BCUT2D eigenvalue weighted by Gasteiger charge is 2.18. The number of aryl methyl sites for hydroxylation is 1. The van der Waals surface area contributed by atoms with E-state index in [1.807, 2.05) is 59.0 Å². The molecule has 5 rings (SSSR count). The Labute approximate surface area is 159 Å². The Kier molecular flexibility index (Phi) is 3.75. The fraction of sp³-hybridized carbons (Fsp3) is 0.150. The van der Waals surface area contributed by atoms with Gasteiger partial charge in [0.2, 0.25) is 0 Å². The van der Waals surface area contributed by atoms with Gasteiger partial charge in [0, 0.05) is 23.8 Å². The third-order valence-corrected chi connectivity index (χ3v) is 4.72. The molecule has 0 amide bonds. The number of aliphatic carboxylic acids is 1. The molecule has 0 aliphatic rings. The van der Waals surface area contributed by atoms with Crippen LogP contribution in [0.15, 0.2) is 54.6 Å². The van der Waals surface area contributed by atoms with Crippen LogP contribution in [0.3, 0.4) is 0 Å². The number of para-hydroxylation sites is 1. The Balaban J connectivity index is 1.76. The minimum absolute atomic E-state index is 0.0938. The first-order chi connectivity index (χ1) is 13.7. The molecule has 3 heterocycles. The number of carboxylic acids is 1. The zero-order chi connectivity index (χ0) is 19.1. The van der Waals surface area contributed by atoms with Crippen molar-refractivity contribution in [3.05, 3.63) is 60.4 Å². The first-order valence-corrected chi connectivity index (χ1v) is 9.01. The molecule has 8 nitrogen and oxygen atoms in total. The van der Waals surface area contributed by atoms with Gasteiger partial charge in [-0.1, -0.05) is 42.5 Å². The van der Waals surface area contributed by atoms with E-state index in [4.69, 9.17) is 10.1 Å². The average Bonchev–Trinajstić information content (AvgIpc) is 3.33. The quantitative estimate of drug-likeness (QED) is 0.509. The molecule has 138 valence electrons. The van der Waals surface area contributed by atoms with Crippen molar-refractivity contribution < 1.29 is 9.90 Å². The van der Waals surface area contributed by atoms with Crippen molar-refractivity contribution in [2.75, 3.05) is 0 Å². The molecule has 0 saturated carbocycles. The van der Waals surface area contributed by atoms with E-state index in [0.29, 0.717) is 35.9 Å². The van der Waals surface area contributed by atoms with Gasteiger partial charge in [-0.15, -0.1) is 15.3 Å². The van der Waals surface area contributed by atoms with Gasteiger partial charge in [0.15, 0.2) is 11.5 Å². The topological polar surface area (TPSA) is 97.7 Å². The third-order valence-electron chi connectivity index (χ3n) is 4.72. The Morgan fingerprint density at radius 2 is 1.79 bits per heavy atom. The predicted octanol–water partition coefficient (Wildman–Crippen LogP) is 3.00. The van der Waals surface area contributed by atoms with Crippen LogP contribution in [0.1, 0.15) is 18.7 Å². The van der Waals surface area contributed by atoms with E-state index >= 15 is 0 Å². The van der Waals surface area contributed by atoms with Gasteiger partial charge in [-0.2, -0.15) is 4.52 Å². The van der Waals surface area contributed by atoms with E-state index in [2.05, 4.69) is 15.3 Å². The molecule has 0 fully saturated rings. The molecule has 3 aromatic heterocycles. The van der Waals surface area contributed by atoms with Crippen LogP contribution in [0.5, 0.6) is 0 Å². The summed E-state index contributed by atoms with van der Waals surface area (Å²) in [5.41, 5.74) is 2.56. The van der Waals surface area contributed by atoms with Crippen molar-refractivity contribution in [1.82, 2.24) is 29.2 Å². The summed E-state index contributed by atoms with van der Waals surface area (Å²) in [6.07, 6.45) is 1.11. The molecule has 8 heteroatoms. The van der Waals surface area contributed by atoms with Gasteiger partial charge < -0.3 is 5.11 Å². The number of carboxylic acid groups (broad SMARTS) is 1. The monoisotopic (exact) mass is 372 g/mol. The summed E-state index contributed by atoms with van der Waals surface area (Å²) in [5.74, 6) is 1.08. The first-order valence-electron chi connectivity index (χ1n) is 9.01. The maximum absolute atomic E-state index is 10.9. The standard InChI is InChI=1S/C20H16N6O2/c27-17(28)12-6-11-16-22-23-20-25(16)15-10-5-4-9-14(15)19-21-18(24-26(19)20)13-7-2-1-3-8-13/h1-5,7-10H,6,11-12H2,(H,27,28). The summed E-state index contributed by atoms with van der Waals surface area (Å²) >= 11 is 0.